The lowest BCUT2D eigenvalue weighted by Gasteiger charge is -2.01. The summed E-state index contributed by atoms with van der Waals surface area (Å²) in [6, 6.07) is -0.245. The molecule has 0 saturated heterocycles. The molecular formula is C4H14N2O2. The van der Waals surface area contributed by atoms with Crippen LogP contribution in [-0.2, 0) is 0 Å². The molecule has 0 aromatic rings. The smallest absolute Gasteiger partial charge is 0.0583 e. The molecule has 0 aliphatic heterocycles. The fourth-order valence-corrected chi connectivity index (χ4v) is 0.257. The molecule has 0 radical (unpaired) electrons. The molecule has 1 unspecified atom stereocenters. The number of aliphatic hydroxyl groups is 2. The molecule has 0 aromatic heterocycles. The summed E-state index contributed by atoms with van der Waals surface area (Å²) in [5.41, 5.74) is 5.17. The molecule has 8 heavy (non-hydrogen) atoms. The Bertz CT molecular complexity index is 43.0. The molecule has 4 nitrogen and oxygen atoms in total. The lowest BCUT2D eigenvalue weighted by molar-refractivity contribution is 0.221. The Kier molecular flexibility index (Phi) is 9.20. The maximum atomic E-state index is 8.23. The zero-order valence-corrected chi connectivity index (χ0v) is 4.88. The van der Waals surface area contributed by atoms with Gasteiger partial charge in [-0.25, -0.2) is 0 Å². The first-order valence-electron chi connectivity index (χ1n) is 2.28. The average molecular weight is 122 g/mol. The lowest BCUT2D eigenvalue weighted by atomic mass is 10.2. The van der Waals surface area contributed by atoms with E-state index in [2.05, 4.69) is 0 Å². The van der Waals surface area contributed by atoms with E-state index < -0.39 is 0 Å². The Morgan fingerprint density at radius 2 is 1.88 bits per heavy atom. The quantitative estimate of drug-likeness (QED) is 0.379. The molecule has 0 aliphatic carbocycles. The van der Waals surface area contributed by atoms with Crippen LogP contribution in [-0.4, -0.2) is 29.5 Å². The minimum absolute atomic E-state index is 0. The summed E-state index contributed by atoms with van der Waals surface area (Å²) in [4.78, 5) is 0. The van der Waals surface area contributed by atoms with Gasteiger partial charge in [-0.3, -0.25) is 0 Å². The van der Waals surface area contributed by atoms with E-state index in [1.165, 1.54) is 0 Å². The van der Waals surface area contributed by atoms with Crippen LogP contribution in [0, 0.1) is 0 Å². The van der Waals surface area contributed by atoms with Gasteiger partial charge in [-0.1, -0.05) is 0 Å². The highest BCUT2D eigenvalue weighted by molar-refractivity contribution is 4.55. The summed E-state index contributed by atoms with van der Waals surface area (Å²) in [5, 5.41) is 16.4. The molecule has 0 aromatic carbocycles. The Labute approximate surface area is 48.9 Å². The van der Waals surface area contributed by atoms with E-state index in [1.54, 1.807) is 0 Å². The molecule has 0 saturated carbocycles. The van der Waals surface area contributed by atoms with Gasteiger partial charge in [0.2, 0.25) is 0 Å². The predicted octanol–water partition coefficient (Wildman–Crippen LogP) is -1.15. The Morgan fingerprint density at radius 3 is 2.00 bits per heavy atom. The van der Waals surface area contributed by atoms with Crippen molar-refractivity contribution in [3.8, 4) is 0 Å². The van der Waals surface area contributed by atoms with Crippen molar-refractivity contribution in [2.75, 3.05) is 13.2 Å². The van der Waals surface area contributed by atoms with Crippen molar-refractivity contribution < 1.29 is 10.2 Å². The standard InChI is InChI=1S/C4H11NO2.H3N/c5-4(3-7)1-2-6;/h4,6-7H,1-3,5H2;1H3. The first-order chi connectivity index (χ1) is 3.31. The second kappa shape index (κ2) is 6.84. The zero-order chi connectivity index (χ0) is 5.70. The van der Waals surface area contributed by atoms with Crippen LogP contribution in [0.3, 0.4) is 0 Å². The van der Waals surface area contributed by atoms with Crippen molar-refractivity contribution in [1.29, 1.82) is 0 Å². The number of hydrogen-bond acceptors (Lipinski definition) is 4. The molecule has 0 rings (SSSR count). The number of hydrogen-bond donors (Lipinski definition) is 4. The van der Waals surface area contributed by atoms with Gasteiger partial charge in [0, 0.05) is 12.6 Å². The fraction of sp³-hybridized carbons (Fsp3) is 1.00. The Hall–Kier alpha value is -0.160. The third kappa shape index (κ3) is 5.84. The molecule has 0 fully saturated rings. The van der Waals surface area contributed by atoms with Gasteiger partial charge >= 0.3 is 0 Å². The Balaban J connectivity index is 0. The minimum Gasteiger partial charge on any atom is -0.396 e. The van der Waals surface area contributed by atoms with Gasteiger partial charge in [0.15, 0.2) is 0 Å². The Morgan fingerprint density at radius 1 is 1.38 bits per heavy atom. The molecule has 0 heterocycles. The van der Waals surface area contributed by atoms with E-state index in [9.17, 15) is 0 Å². The van der Waals surface area contributed by atoms with E-state index in [0.29, 0.717) is 6.42 Å². The first kappa shape index (κ1) is 10.8. The lowest BCUT2D eigenvalue weighted by Crippen LogP contribution is -2.25. The summed E-state index contributed by atoms with van der Waals surface area (Å²) in [5.74, 6) is 0. The highest BCUT2D eigenvalue weighted by Gasteiger charge is 1.95. The average Bonchev–Trinajstić information content (AvgIpc) is 1.68. The van der Waals surface area contributed by atoms with Crippen LogP contribution >= 0.6 is 0 Å². The summed E-state index contributed by atoms with van der Waals surface area (Å²) in [6.07, 6.45) is 0.483. The van der Waals surface area contributed by atoms with E-state index >= 15 is 0 Å². The first-order valence-corrected chi connectivity index (χ1v) is 2.28. The van der Waals surface area contributed by atoms with Crippen LogP contribution in [0.5, 0.6) is 0 Å². The monoisotopic (exact) mass is 122 g/mol. The third-order valence-corrected chi connectivity index (χ3v) is 0.734. The maximum absolute atomic E-state index is 8.23. The summed E-state index contributed by atoms with van der Waals surface area (Å²) in [7, 11) is 0. The van der Waals surface area contributed by atoms with E-state index in [1.807, 2.05) is 0 Å². The molecule has 0 amide bonds. The van der Waals surface area contributed by atoms with Crippen LogP contribution < -0.4 is 11.9 Å². The van der Waals surface area contributed by atoms with Gasteiger partial charge in [-0.15, -0.1) is 0 Å². The summed E-state index contributed by atoms with van der Waals surface area (Å²) in [6.45, 7) is 0.0162. The SMILES string of the molecule is N.NC(CO)CCO. The topological polar surface area (TPSA) is 101 Å². The van der Waals surface area contributed by atoms with Crippen LogP contribution in [0.25, 0.3) is 0 Å². The maximum Gasteiger partial charge on any atom is 0.0583 e. The largest absolute Gasteiger partial charge is 0.396 e. The van der Waals surface area contributed by atoms with Crippen molar-refractivity contribution in [2.24, 2.45) is 5.73 Å². The van der Waals surface area contributed by atoms with Crippen LogP contribution in [0.1, 0.15) is 6.42 Å². The fourth-order valence-electron chi connectivity index (χ4n) is 0.257. The van der Waals surface area contributed by atoms with Crippen molar-refractivity contribution in [2.45, 2.75) is 12.5 Å². The molecule has 0 spiro atoms. The molecule has 52 valence electrons. The second-order valence-corrected chi connectivity index (χ2v) is 1.45. The van der Waals surface area contributed by atoms with Crippen LogP contribution in [0.15, 0.2) is 0 Å². The van der Waals surface area contributed by atoms with Gasteiger partial charge in [0.05, 0.1) is 6.61 Å². The number of nitrogens with two attached hydrogens (primary N) is 1. The highest BCUT2D eigenvalue weighted by atomic mass is 16.3. The minimum atomic E-state index is -0.245. The van der Waals surface area contributed by atoms with E-state index in [-0.39, 0.29) is 25.4 Å². The molecule has 4 heteroatoms. The van der Waals surface area contributed by atoms with Crippen LogP contribution in [0.2, 0.25) is 0 Å². The highest BCUT2D eigenvalue weighted by Crippen LogP contribution is 1.80. The van der Waals surface area contributed by atoms with Gasteiger partial charge in [-0.2, -0.15) is 0 Å². The van der Waals surface area contributed by atoms with Crippen molar-refractivity contribution in [3.63, 3.8) is 0 Å². The molecular weight excluding hydrogens is 108 g/mol. The molecule has 0 aliphatic rings. The van der Waals surface area contributed by atoms with Gasteiger partial charge in [0.25, 0.3) is 0 Å². The van der Waals surface area contributed by atoms with Crippen LogP contribution in [0.4, 0.5) is 0 Å². The normalized spacial score (nSPS) is 12.4. The number of rotatable bonds is 3. The molecule has 7 N–H and O–H groups in total. The third-order valence-electron chi connectivity index (χ3n) is 0.734. The summed E-state index contributed by atoms with van der Waals surface area (Å²) < 4.78 is 0. The van der Waals surface area contributed by atoms with Gasteiger partial charge in [0.1, 0.15) is 0 Å². The number of aliphatic hydroxyl groups excluding tert-OH is 2. The van der Waals surface area contributed by atoms with E-state index in [0.717, 1.165) is 0 Å². The second-order valence-electron chi connectivity index (χ2n) is 1.45. The van der Waals surface area contributed by atoms with Crippen molar-refractivity contribution >= 4 is 0 Å². The van der Waals surface area contributed by atoms with E-state index in [4.69, 9.17) is 15.9 Å². The van der Waals surface area contributed by atoms with Crippen molar-refractivity contribution in [3.05, 3.63) is 0 Å². The van der Waals surface area contributed by atoms with Gasteiger partial charge < -0.3 is 22.1 Å². The zero-order valence-electron chi connectivity index (χ0n) is 4.88. The summed E-state index contributed by atoms with van der Waals surface area (Å²) >= 11 is 0. The predicted molar refractivity (Wildman–Crippen MR) is 31.8 cm³/mol. The molecule has 0 bridgehead atoms. The van der Waals surface area contributed by atoms with Gasteiger partial charge in [-0.05, 0) is 6.42 Å². The molecule has 1 atom stereocenters. The van der Waals surface area contributed by atoms with Crippen molar-refractivity contribution in [1.82, 2.24) is 6.15 Å².